The Balaban J connectivity index is 1.08. The van der Waals surface area contributed by atoms with Gasteiger partial charge in [-0.2, -0.15) is 0 Å². The van der Waals surface area contributed by atoms with Crippen molar-refractivity contribution in [1.29, 1.82) is 0 Å². The average Bonchev–Trinajstić information content (AvgIpc) is 3.75. The molecule has 8 rings (SSSR count). The highest BCUT2D eigenvalue weighted by Gasteiger charge is 2.53. The number of phosphoric ester groups is 1. The van der Waals surface area contributed by atoms with E-state index in [0.717, 1.165) is 10.9 Å². The number of ether oxygens (including phenoxy) is 2. The molecule has 0 radical (unpaired) electrons. The van der Waals surface area contributed by atoms with E-state index in [9.17, 15) is 29.3 Å². The van der Waals surface area contributed by atoms with Gasteiger partial charge >= 0.3 is 13.8 Å². The van der Waals surface area contributed by atoms with Crippen molar-refractivity contribution < 1.29 is 43.0 Å². The fourth-order valence-corrected chi connectivity index (χ4v) is 7.69. The quantitative estimate of drug-likeness (QED) is 0.137. The zero-order valence-corrected chi connectivity index (χ0v) is 26.1. The molecule has 1 saturated heterocycles. The normalized spacial score (nSPS) is 25.9. The van der Waals surface area contributed by atoms with Gasteiger partial charge in [-0.3, -0.25) is 18.4 Å². The SMILES string of the molecule is CCC1(OP(=O)(O)OCC2OC(n3cnc4c(N)ncnc43)C(O)C2O)C(=O)OCc2c1cc1n(c2=O)Cc2cc3ccccc3nc2-1. The van der Waals surface area contributed by atoms with Crippen molar-refractivity contribution in [2.24, 2.45) is 0 Å². The Hall–Kier alpha value is -4.61. The third kappa shape index (κ3) is 4.58. The van der Waals surface area contributed by atoms with Gasteiger partial charge in [0.1, 0.15) is 36.8 Å². The van der Waals surface area contributed by atoms with Crippen molar-refractivity contribution in [3.63, 3.8) is 0 Å². The van der Waals surface area contributed by atoms with Crippen LogP contribution in [0.25, 0.3) is 33.5 Å². The van der Waals surface area contributed by atoms with Crippen LogP contribution in [0.1, 0.15) is 36.3 Å². The van der Waals surface area contributed by atoms with Crippen molar-refractivity contribution in [2.75, 3.05) is 12.3 Å². The van der Waals surface area contributed by atoms with Crippen molar-refractivity contribution in [3.05, 3.63) is 76.1 Å². The van der Waals surface area contributed by atoms with Gasteiger partial charge in [-0.05, 0) is 24.6 Å². The molecule has 0 aliphatic carbocycles. The summed E-state index contributed by atoms with van der Waals surface area (Å²) in [5.41, 5.74) is 6.31. The number of phosphoric acid groups is 1. The first-order chi connectivity index (χ1) is 23.0. The Morgan fingerprint density at radius 3 is 2.77 bits per heavy atom. The molecule has 7 heterocycles. The zero-order valence-electron chi connectivity index (χ0n) is 25.2. The second-order valence-corrected chi connectivity index (χ2v) is 13.1. The number of hydrogen-bond donors (Lipinski definition) is 4. The van der Waals surface area contributed by atoms with Gasteiger partial charge in [0.25, 0.3) is 5.56 Å². The Morgan fingerprint density at radius 2 is 1.96 bits per heavy atom. The molecule has 0 saturated carbocycles. The molecule has 6 unspecified atom stereocenters. The van der Waals surface area contributed by atoms with E-state index in [1.807, 2.05) is 30.3 Å². The largest absolute Gasteiger partial charge is 0.473 e. The minimum Gasteiger partial charge on any atom is -0.458 e. The van der Waals surface area contributed by atoms with Crippen LogP contribution in [-0.2, 0) is 46.6 Å². The maximum Gasteiger partial charge on any atom is 0.473 e. The average molecular weight is 678 g/mol. The zero-order chi connectivity index (χ0) is 33.5. The van der Waals surface area contributed by atoms with Crippen LogP contribution in [0.2, 0.25) is 0 Å². The number of carbonyl (C=O) groups excluding carboxylic acids is 1. The van der Waals surface area contributed by atoms with E-state index in [-0.39, 0.29) is 47.7 Å². The third-order valence-corrected chi connectivity index (χ3v) is 10.1. The lowest BCUT2D eigenvalue weighted by molar-refractivity contribution is -0.171. The van der Waals surface area contributed by atoms with Gasteiger partial charge in [0.05, 0.1) is 41.9 Å². The molecule has 4 aromatic heterocycles. The molecule has 1 aromatic carbocycles. The number of nitrogens with zero attached hydrogens (tertiary/aromatic N) is 6. The number of imidazole rings is 1. The topological polar surface area (TPSA) is 236 Å². The predicted octanol–water partition coefficient (Wildman–Crippen LogP) is 1.26. The number of pyridine rings is 2. The van der Waals surface area contributed by atoms with E-state index >= 15 is 0 Å². The highest BCUT2D eigenvalue weighted by molar-refractivity contribution is 7.47. The number of nitrogen functional groups attached to an aromatic ring is 1. The summed E-state index contributed by atoms with van der Waals surface area (Å²) >= 11 is 0. The maximum atomic E-state index is 13.8. The summed E-state index contributed by atoms with van der Waals surface area (Å²) in [7, 11) is -5.15. The summed E-state index contributed by atoms with van der Waals surface area (Å²) in [5.74, 6) is -0.885. The highest BCUT2D eigenvalue weighted by atomic mass is 31.2. The molecule has 5 N–H and O–H groups in total. The van der Waals surface area contributed by atoms with E-state index in [1.54, 1.807) is 6.07 Å². The number of aromatic nitrogens is 6. The smallest absolute Gasteiger partial charge is 0.458 e. The summed E-state index contributed by atoms with van der Waals surface area (Å²) in [6.07, 6.45) is -3.32. The molecule has 5 aromatic rings. The first kappa shape index (κ1) is 30.7. The molecule has 0 amide bonds. The van der Waals surface area contributed by atoms with Crippen LogP contribution in [0.4, 0.5) is 5.82 Å². The summed E-state index contributed by atoms with van der Waals surface area (Å²) in [5, 5.41) is 22.4. The molecule has 0 bridgehead atoms. The number of rotatable bonds is 7. The van der Waals surface area contributed by atoms with Crippen molar-refractivity contribution in [1.82, 2.24) is 29.1 Å². The second-order valence-electron chi connectivity index (χ2n) is 11.7. The first-order valence-electron chi connectivity index (χ1n) is 15.0. The van der Waals surface area contributed by atoms with Crippen LogP contribution in [0.15, 0.2) is 53.8 Å². The summed E-state index contributed by atoms with van der Waals surface area (Å²) in [4.78, 5) is 55.0. The number of esters is 1. The lowest BCUT2D eigenvalue weighted by Crippen LogP contribution is -2.46. The second kappa shape index (κ2) is 11.0. The fourth-order valence-electron chi connectivity index (χ4n) is 6.61. The van der Waals surface area contributed by atoms with Gasteiger partial charge < -0.3 is 34.9 Å². The number of carbonyl (C=O) groups is 1. The van der Waals surface area contributed by atoms with Gasteiger partial charge in [-0.25, -0.2) is 29.3 Å². The molecular formula is C30H28N7O10P. The highest BCUT2D eigenvalue weighted by Crippen LogP contribution is 2.54. The number of fused-ring (bicyclic) bond motifs is 6. The molecule has 18 heteroatoms. The molecule has 1 fully saturated rings. The van der Waals surface area contributed by atoms with Gasteiger partial charge in [-0.1, -0.05) is 25.1 Å². The standard InChI is InChI=1S/C30H28N7O10P/c1-2-30(47-48(42,43)45-11-20-23(38)24(39)28(46-20)37-13-34-22-25(31)32-12-33-26(22)37)17-8-19-21-15(7-14-5-3-4-6-18(14)35-21)9-36(19)27(40)16(17)10-44-29(30)41/h3-8,12-13,20,23-24,28,38-39H,2,9-11H2,1H3,(H,42,43)(H2,31,32,33). The van der Waals surface area contributed by atoms with Crippen LogP contribution in [0, 0.1) is 0 Å². The van der Waals surface area contributed by atoms with Gasteiger partial charge in [-0.15, -0.1) is 0 Å². The monoisotopic (exact) mass is 677 g/mol. The molecule has 0 spiro atoms. The number of para-hydroxylation sites is 1. The Bertz CT molecular complexity index is 2260. The van der Waals surface area contributed by atoms with E-state index in [2.05, 4.69) is 15.0 Å². The van der Waals surface area contributed by atoms with Crippen molar-refractivity contribution >= 4 is 41.7 Å². The number of cyclic esters (lactones) is 1. The van der Waals surface area contributed by atoms with E-state index in [4.69, 9.17) is 29.2 Å². The molecule has 248 valence electrons. The number of aliphatic hydroxyl groups is 2. The number of hydrogen-bond acceptors (Lipinski definition) is 14. The number of aliphatic hydroxyl groups excluding tert-OH is 2. The van der Waals surface area contributed by atoms with E-state index in [0.29, 0.717) is 16.9 Å². The third-order valence-electron chi connectivity index (χ3n) is 9.06. The molecule has 6 atom stereocenters. The summed E-state index contributed by atoms with van der Waals surface area (Å²) in [6.45, 7) is 0.695. The van der Waals surface area contributed by atoms with E-state index < -0.39 is 56.1 Å². The summed E-state index contributed by atoms with van der Waals surface area (Å²) < 4.78 is 38.3. The van der Waals surface area contributed by atoms with Crippen LogP contribution in [0.3, 0.4) is 0 Å². The van der Waals surface area contributed by atoms with Crippen molar-refractivity contribution in [3.8, 4) is 11.4 Å². The Labute approximate surface area is 270 Å². The number of benzene rings is 1. The molecule has 48 heavy (non-hydrogen) atoms. The number of anilines is 1. The van der Waals surface area contributed by atoms with Crippen LogP contribution in [0.5, 0.6) is 0 Å². The van der Waals surface area contributed by atoms with Crippen LogP contribution >= 0.6 is 7.82 Å². The number of nitrogens with two attached hydrogens (primary N) is 1. The predicted molar refractivity (Wildman–Crippen MR) is 165 cm³/mol. The minimum absolute atomic E-state index is 0.0686. The molecule has 3 aliphatic rings. The van der Waals surface area contributed by atoms with Gasteiger partial charge in [0, 0.05) is 16.5 Å². The van der Waals surface area contributed by atoms with Crippen LogP contribution < -0.4 is 11.3 Å². The van der Waals surface area contributed by atoms with Gasteiger partial charge in [0.15, 0.2) is 17.7 Å². The van der Waals surface area contributed by atoms with Gasteiger partial charge in [0.2, 0.25) is 5.60 Å². The molecule has 17 nitrogen and oxygen atoms in total. The van der Waals surface area contributed by atoms with E-state index in [1.165, 1.54) is 28.7 Å². The lowest BCUT2D eigenvalue weighted by Gasteiger charge is -2.36. The minimum atomic E-state index is -5.15. The first-order valence-corrected chi connectivity index (χ1v) is 16.5. The Kier molecular flexibility index (Phi) is 7.01. The Morgan fingerprint density at radius 1 is 1.15 bits per heavy atom. The fraction of sp³-hybridized carbons (Fsp3) is 0.333. The van der Waals surface area contributed by atoms with Crippen molar-refractivity contribution in [2.45, 2.75) is 56.6 Å². The lowest BCUT2D eigenvalue weighted by atomic mass is 9.86. The maximum absolute atomic E-state index is 13.8. The molecular weight excluding hydrogens is 649 g/mol. The molecule has 3 aliphatic heterocycles. The van der Waals surface area contributed by atoms with Crippen LogP contribution in [-0.4, -0.2) is 75.1 Å². The summed E-state index contributed by atoms with van der Waals surface area (Å²) in [6, 6.07) is 11.0.